The van der Waals surface area contributed by atoms with Gasteiger partial charge in [-0.25, -0.2) is 0 Å². The summed E-state index contributed by atoms with van der Waals surface area (Å²) in [5.74, 6) is 1.73. The van der Waals surface area contributed by atoms with E-state index in [1.165, 1.54) is 0 Å². The smallest absolute Gasteiger partial charge is 0.237 e. The van der Waals surface area contributed by atoms with E-state index in [0.717, 1.165) is 37.7 Å². The van der Waals surface area contributed by atoms with Crippen molar-refractivity contribution in [2.45, 2.75) is 26.4 Å². The van der Waals surface area contributed by atoms with Crippen LogP contribution >= 0.6 is 0 Å². The van der Waals surface area contributed by atoms with Gasteiger partial charge in [0.05, 0.1) is 12.6 Å². The maximum Gasteiger partial charge on any atom is 0.237 e. The maximum atomic E-state index is 12.0. The number of carbonyl (C=O) groups excluding carboxylic acids is 1. The van der Waals surface area contributed by atoms with Gasteiger partial charge >= 0.3 is 0 Å². The maximum absolute atomic E-state index is 12.0. The van der Waals surface area contributed by atoms with E-state index in [4.69, 9.17) is 4.42 Å². The number of amides is 1. The summed E-state index contributed by atoms with van der Waals surface area (Å²) in [6, 6.07) is 3.72. The Morgan fingerprint density at radius 1 is 1.50 bits per heavy atom. The molecule has 0 spiro atoms. The second-order valence-electron chi connectivity index (χ2n) is 4.69. The van der Waals surface area contributed by atoms with Gasteiger partial charge in [-0.15, -0.1) is 0 Å². The molecule has 1 atom stereocenters. The van der Waals surface area contributed by atoms with E-state index in [-0.39, 0.29) is 11.9 Å². The first-order valence-corrected chi connectivity index (χ1v) is 6.44. The Morgan fingerprint density at radius 2 is 2.22 bits per heavy atom. The first-order valence-electron chi connectivity index (χ1n) is 6.44. The molecule has 1 unspecified atom stereocenters. The van der Waals surface area contributed by atoms with Crippen LogP contribution in [0, 0.1) is 6.92 Å². The van der Waals surface area contributed by atoms with Crippen molar-refractivity contribution in [1.29, 1.82) is 0 Å². The van der Waals surface area contributed by atoms with E-state index in [9.17, 15) is 4.79 Å². The Bertz CT molecular complexity index is 397. The van der Waals surface area contributed by atoms with Gasteiger partial charge in [0.15, 0.2) is 0 Å². The number of carbonyl (C=O) groups is 1. The molecule has 100 valence electrons. The van der Waals surface area contributed by atoms with Crippen LogP contribution in [0.5, 0.6) is 0 Å². The topological polar surface area (TPSA) is 57.5 Å². The summed E-state index contributed by atoms with van der Waals surface area (Å²) in [6.07, 6.45) is 0. The first kappa shape index (κ1) is 13.1. The lowest BCUT2D eigenvalue weighted by Gasteiger charge is -2.31. The molecule has 1 aliphatic rings. The van der Waals surface area contributed by atoms with Crippen LogP contribution in [-0.4, -0.2) is 43.0 Å². The molecule has 0 radical (unpaired) electrons. The minimum absolute atomic E-state index is 0.0611. The fourth-order valence-electron chi connectivity index (χ4n) is 2.14. The lowest BCUT2D eigenvalue weighted by molar-refractivity contribution is -0.126. The molecule has 0 aliphatic carbocycles. The number of hydrogen-bond donors (Lipinski definition) is 2. The van der Waals surface area contributed by atoms with Gasteiger partial charge in [0.1, 0.15) is 11.5 Å². The van der Waals surface area contributed by atoms with Crippen LogP contribution in [0.15, 0.2) is 16.5 Å². The van der Waals surface area contributed by atoms with Crippen LogP contribution in [0.2, 0.25) is 0 Å². The van der Waals surface area contributed by atoms with Crippen molar-refractivity contribution in [1.82, 2.24) is 15.5 Å². The third-order valence-corrected chi connectivity index (χ3v) is 3.31. The average molecular weight is 251 g/mol. The molecule has 0 saturated carbocycles. The lowest BCUT2D eigenvalue weighted by atomic mass is 10.2. The number of hydrogen-bond acceptors (Lipinski definition) is 4. The summed E-state index contributed by atoms with van der Waals surface area (Å²) in [6.45, 7) is 8.07. The van der Waals surface area contributed by atoms with Gasteiger partial charge in [-0.05, 0) is 26.0 Å². The summed E-state index contributed by atoms with van der Waals surface area (Å²) >= 11 is 0. The van der Waals surface area contributed by atoms with Gasteiger partial charge in [-0.2, -0.15) is 0 Å². The highest BCUT2D eigenvalue weighted by atomic mass is 16.3. The summed E-state index contributed by atoms with van der Waals surface area (Å²) in [5.41, 5.74) is 0. The molecule has 5 heteroatoms. The van der Waals surface area contributed by atoms with E-state index < -0.39 is 0 Å². The molecule has 2 N–H and O–H groups in total. The molecule has 1 fully saturated rings. The van der Waals surface area contributed by atoms with E-state index in [1.807, 2.05) is 26.0 Å². The number of piperazine rings is 1. The van der Waals surface area contributed by atoms with Gasteiger partial charge in [-0.1, -0.05) is 0 Å². The number of aryl methyl sites for hydroxylation is 1. The van der Waals surface area contributed by atoms with Crippen LogP contribution in [-0.2, 0) is 11.3 Å². The second-order valence-corrected chi connectivity index (χ2v) is 4.69. The summed E-state index contributed by atoms with van der Waals surface area (Å²) in [5, 5.41) is 6.20. The van der Waals surface area contributed by atoms with Gasteiger partial charge < -0.3 is 15.1 Å². The van der Waals surface area contributed by atoms with Crippen molar-refractivity contribution < 1.29 is 9.21 Å². The minimum atomic E-state index is -0.0804. The third-order valence-electron chi connectivity index (χ3n) is 3.31. The zero-order chi connectivity index (χ0) is 13.0. The van der Waals surface area contributed by atoms with E-state index >= 15 is 0 Å². The highest BCUT2D eigenvalue weighted by Crippen LogP contribution is 2.06. The average Bonchev–Trinajstić information content (AvgIpc) is 2.82. The van der Waals surface area contributed by atoms with Crippen molar-refractivity contribution in [2.75, 3.05) is 26.2 Å². The minimum Gasteiger partial charge on any atom is -0.465 e. The quantitative estimate of drug-likeness (QED) is 0.818. The molecule has 1 saturated heterocycles. The second kappa shape index (κ2) is 6.02. The number of furan rings is 1. The monoisotopic (exact) mass is 251 g/mol. The van der Waals surface area contributed by atoms with E-state index in [1.54, 1.807) is 0 Å². The molecule has 5 nitrogen and oxygen atoms in total. The molecule has 18 heavy (non-hydrogen) atoms. The van der Waals surface area contributed by atoms with Crippen LogP contribution in [0.4, 0.5) is 0 Å². The van der Waals surface area contributed by atoms with Crippen molar-refractivity contribution >= 4 is 5.91 Å². The van der Waals surface area contributed by atoms with Crippen molar-refractivity contribution in [3.05, 3.63) is 23.7 Å². The van der Waals surface area contributed by atoms with Crippen molar-refractivity contribution in [3.63, 3.8) is 0 Å². The fourth-order valence-corrected chi connectivity index (χ4v) is 2.14. The molecule has 0 aromatic carbocycles. The first-order chi connectivity index (χ1) is 8.66. The molecule has 1 amide bonds. The van der Waals surface area contributed by atoms with Crippen LogP contribution < -0.4 is 10.6 Å². The Morgan fingerprint density at radius 3 is 2.83 bits per heavy atom. The molecule has 1 aromatic heterocycles. The van der Waals surface area contributed by atoms with E-state index in [2.05, 4.69) is 15.5 Å². The van der Waals surface area contributed by atoms with Crippen molar-refractivity contribution in [2.24, 2.45) is 0 Å². The number of nitrogens with one attached hydrogen (secondary N) is 2. The number of nitrogens with zero attached hydrogens (tertiary/aromatic N) is 1. The van der Waals surface area contributed by atoms with Gasteiger partial charge in [0, 0.05) is 26.2 Å². The normalized spacial score (nSPS) is 18.6. The number of rotatable bonds is 4. The Balaban J connectivity index is 1.79. The Kier molecular flexibility index (Phi) is 4.38. The zero-order valence-electron chi connectivity index (χ0n) is 11.0. The molecular weight excluding hydrogens is 230 g/mol. The summed E-state index contributed by atoms with van der Waals surface area (Å²) in [4.78, 5) is 14.2. The zero-order valence-corrected chi connectivity index (χ0v) is 11.0. The highest BCUT2D eigenvalue weighted by Gasteiger charge is 2.22. The highest BCUT2D eigenvalue weighted by molar-refractivity contribution is 5.81. The largest absolute Gasteiger partial charge is 0.465 e. The van der Waals surface area contributed by atoms with Crippen LogP contribution in [0.25, 0.3) is 0 Å². The molecular formula is C13H21N3O2. The van der Waals surface area contributed by atoms with E-state index in [0.29, 0.717) is 6.54 Å². The van der Waals surface area contributed by atoms with Gasteiger partial charge in [0.25, 0.3) is 0 Å². The predicted octanol–water partition coefficient (Wildman–Crippen LogP) is 0.498. The van der Waals surface area contributed by atoms with Gasteiger partial charge in [-0.3, -0.25) is 9.69 Å². The Labute approximate surface area is 108 Å². The molecule has 0 bridgehead atoms. The van der Waals surface area contributed by atoms with Crippen molar-refractivity contribution in [3.8, 4) is 0 Å². The molecule has 2 rings (SSSR count). The third kappa shape index (κ3) is 3.34. The molecule has 2 heterocycles. The van der Waals surface area contributed by atoms with Crippen LogP contribution in [0.1, 0.15) is 18.4 Å². The fraction of sp³-hybridized carbons (Fsp3) is 0.615. The predicted molar refractivity (Wildman–Crippen MR) is 69.2 cm³/mol. The van der Waals surface area contributed by atoms with Crippen LogP contribution in [0.3, 0.4) is 0 Å². The summed E-state index contributed by atoms with van der Waals surface area (Å²) < 4.78 is 5.42. The summed E-state index contributed by atoms with van der Waals surface area (Å²) in [7, 11) is 0. The van der Waals surface area contributed by atoms with Gasteiger partial charge in [0.2, 0.25) is 5.91 Å². The molecule has 1 aliphatic heterocycles. The SMILES string of the molecule is Cc1ccc(CNC(=O)C(C)N2CCNCC2)o1. The molecule has 1 aromatic rings. The Hall–Kier alpha value is -1.33. The standard InChI is InChI=1S/C13H21N3O2/c1-10-3-4-12(18-10)9-15-13(17)11(2)16-7-5-14-6-8-16/h3-4,11,14H,5-9H2,1-2H3,(H,15,17). The lowest BCUT2D eigenvalue weighted by Crippen LogP contribution is -2.52.